The first-order chi connectivity index (χ1) is 18.0. The van der Waals surface area contributed by atoms with Crippen LogP contribution >= 0.6 is 11.3 Å². The molecule has 5 nitrogen and oxygen atoms in total. The van der Waals surface area contributed by atoms with Gasteiger partial charge in [0.15, 0.2) is 0 Å². The lowest BCUT2D eigenvalue weighted by Crippen LogP contribution is -2.47. The van der Waals surface area contributed by atoms with E-state index in [-0.39, 0.29) is 34.3 Å². The van der Waals surface area contributed by atoms with Crippen molar-refractivity contribution in [2.75, 3.05) is 4.90 Å². The highest BCUT2D eigenvalue weighted by Gasteiger charge is 2.37. The number of carbonyl (C=O) groups excluding carboxylic acids is 1. The molecule has 2 aliphatic carbocycles. The summed E-state index contributed by atoms with van der Waals surface area (Å²) in [5.41, 5.74) is 0.294. The normalized spacial score (nSPS) is 23.4. The van der Waals surface area contributed by atoms with Crippen LogP contribution in [0.2, 0.25) is 0 Å². The molecule has 0 bridgehead atoms. The fourth-order valence-electron chi connectivity index (χ4n) is 5.22. The van der Waals surface area contributed by atoms with Crippen molar-refractivity contribution in [3.8, 4) is 11.8 Å². The Morgan fingerprint density at radius 3 is 2.05 bits per heavy atom. The van der Waals surface area contributed by atoms with E-state index in [1.54, 1.807) is 11.0 Å². The zero-order valence-corrected chi connectivity index (χ0v) is 25.5. The van der Waals surface area contributed by atoms with Crippen LogP contribution in [0.3, 0.4) is 0 Å². The molecule has 1 heterocycles. The van der Waals surface area contributed by atoms with Gasteiger partial charge in [0.1, 0.15) is 4.88 Å². The Kier molecular flexibility index (Phi) is 13.4. The van der Waals surface area contributed by atoms with Gasteiger partial charge in [0.05, 0.1) is 16.7 Å². The van der Waals surface area contributed by atoms with Gasteiger partial charge in [0.25, 0.3) is 0 Å². The molecule has 2 saturated carbocycles. The van der Waals surface area contributed by atoms with E-state index in [2.05, 4.69) is 32.6 Å². The molecule has 0 unspecified atom stereocenters. The van der Waals surface area contributed by atoms with Gasteiger partial charge in [-0.05, 0) is 84.1 Å². The first-order valence-electron chi connectivity index (χ1n) is 14.9. The van der Waals surface area contributed by atoms with Crippen LogP contribution in [-0.4, -0.2) is 34.2 Å². The maximum Gasteiger partial charge on any atom is 0.348 e. The van der Waals surface area contributed by atoms with E-state index < -0.39 is 5.97 Å². The molecule has 0 radical (unpaired) electrons. The van der Waals surface area contributed by atoms with E-state index in [0.717, 1.165) is 37.0 Å². The molecule has 1 amide bonds. The number of aromatic carboxylic acids is 1. The van der Waals surface area contributed by atoms with Crippen LogP contribution in [0.15, 0.2) is 6.07 Å². The van der Waals surface area contributed by atoms with Crippen LogP contribution in [0.5, 0.6) is 0 Å². The summed E-state index contributed by atoms with van der Waals surface area (Å²) in [5.74, 6) is 5.89. The Bertz CT molecular complexity index is 931. The predicted molar refractivity (Wildman–Crippen MR) is 159 cm³/mol. The van der Waals surface area contributed by atoms with Gasteiger partial charge in [0, 0.05) is 17.4 Å². The maximum absolute atomic E-state index is 13.7. The SMILES string of the molecule is CC1CCC(C(=O)N(c2cc(C#CC(C)(C)C)sc2C(=O)O)C2CCC(O)CC2)CC1.CCCCCCC. The monoisotopic (exact) mass is 545 g/mol. The molecule has 38 heavy (non-hydrogen) atoms. The number of hydrogen-bond donors (Lipinski definition) is 2. The largest absolute Gasteiger partial charge is 0.477 e. The van der Waals surface area contributed by atoms with Gasteiger partial charge in [-0.25, -0.2) is 4.79 Å². The smallest absolute Gasteiger partial charge is 0.348 e. The highest BCUT2D eigenvalue weighted by atomic mass is 32.1. The van der Waals surface area contributed by atoms with Crippen molar-refractivity contribution in [1.82, 2.24) is 0 Å². The number of anilines is 1. The number of amides is 1. The standard InChI is InChI=1S/C25H35NO4S.C7H16/c1-16-5-7-17(8-6-16)23(28)26(18-9-11-19(27)12-10-18)21-15-20(13-14-25(2,3)4)31-22(21)24(29)30;1-3-5-7-6-4-2/h15-19,27H,5-12H2,1-4H3,(H,29,30);3-7H2,1-2H3. The van der Waals surface area contributed by atoms with Crippen molar-refractivity contribution >= 4 is 28.9 Å². The molecule has 2 fully saturated rings. The lowest BCUT2D eigenvalue weighted by Gasteiger charge is -2.38. The van der Waals surface area contributed by atoms with E-state index in [0.29, 0.717) is 42.2 Å². The summed E-state index contributed by atoms with van der Waals surface area (Å²) in [6.07, 6.45) is 13.1. The summed E-state index contributed by atoms with van der Waals surface area (Å²) >= 11 is 1.15. The third-order valence-corrected chi connectivity index (χ3v) is 8.60. The maximum atomic E-state index is 13.7. The summed E-state index contributed by atoms with van der Waals surface area (Å²) in [6.45, 7) is 12.8. The average molecular weight is 546 g/mol. The number of aliphatic hydroxyl groups excluding tert-OH is 1. The second-order valence-corrected chi connectivity index (χ2v) is 13.4. The van der Waals surface area contributed by atoms with E-state index in [1.165, 1.54) is 32.1 Å². The Hall–Kier alpha value is -1.84. The highest BCUT2D eigenvalue weighted by Crippen LogP contribution is 2.38. The van der Waals surface area contributed by atoms with Crippen molar-refractivity contribution in [2.45, 2.75) is 137 Å². The molecule has 3 rings (SSSR count). The van der Waals surface area contributed by atoms with Crippen LogP contribution < -0.4 is 4.90 Å². The number of nitrogens with zero attached hydrogens (tertiary/aromatic N) is 1. The molecule has 1 aromatic rings. The third kappa shape index (κ3) is 10.4. The molecule has 0 saturated heterocycles. The number of carboxylic acids is 1. The molecular weight excluding hydrogens is 494 g/mol. The zero-order valence-electron chi connectivity index (χ0n) is 24.6. The minimum absolute atomic E-state index is 0.0453. The topological polar surface area (TPSA) is 77.8 Å². The molecule has 0 atom stereocenters. The van der Waals surface area contributed by atoms with Crippen molar-refractivity contribution in [2.24, 2.45) is 17.3 Å². The van der Waals surface area contributed by atoms with Gasteiger partial charge in [-0.15, -0.1) is 11.3 Å². The summed E-state index contributed by atoms with van der Waals surface area (Å²) in [4.78, 5) is 28.5. The first kappa shape index (κ1) is 32.4. The minimum Gasteiger partial charge on any atom is -0.477 e. The number of rotatable bonds is 8. The van der Waals surface area contributed by atoms with Crippen molar-refractivity contribution < 1.29 is 19.8 Å². The van der Waals surface area contributed by atoms with Crippen molar-refractivity contribution in [3.63, 3.8) is 0 Å². The predicted octanol–water partition coefficient (Wildman–Crippen LogP) is 8.28. The molecule has 214 valence electrons. The van der Waals surface area contributed by atoms with E-state index >= 15 is 0 Å². The molecule has 6 heteroatoms. The van der Waals surface area contributed by atoms with Gasteiger partial charge in [-0.1, -0.05) is 64.7 Å². The number of hydrogen-bond acceptors (Lipinski definition) is 4. The molecule has 0 aliphatic heterocycles. The fraction of sp³-hybridized carbons (Fsp3) is 0.750. The second-order valence-electron chi connectivity index (χ2n) is 12.3. The summed E-state index contributed by atoms with van der Waals surface area (Å²) in [5, 5.41) is 19.9. The Morgan fingerprint density at radius 2 is 1.55 bits per heavy atom. The lowest BCUT2D eigenvalue weighted by atomic mass is 9.81. The number of carboxylic acid groups (broad SMARTS) is 1. The molecule has 2 aliphatic rings. The molecule has 1 aromatic heterocycles. The van der Waals surface area contributed by atoms with Crippen LogP contribution in [0.25, 0.3) is 0 Å². The quantitative estimate of drug-likeness (QED) is 0.254. The average Bonchev–Trinajstić information content (AvgIpc) is 3.29. The van der Waals surface area contributed by atoms with Crippen LogP contribution in [0, 0.1) is 29.1 Å². The Morgan fingerprint density at radius 1 is 0.974 bits per heavy atom. The van der Waals surface area contributed by atoms with E-state index in [1.807, 2.05) is 20.8 Å². The number of aliphatic hydroxyl groups is 1. The Balaban J connectivity index is 0.000000638. The second kappa shape index (κ2) is 15.7. The highest BCUT2D eigenvalue weighted by molar-refractivity contribution is 7.15. The molecular formula is C32H51NO4S. The van der Waals surface area contributed by atoms with Crippen LogP contribution in [0.4, 0.5) is 5.69 Å². The van der Waals surface area contributed by atoms with E-state index in [9.17, 15) is 19.8 Å². The van der Waals surface area contributed by atoms with E-state index in [4.69, 9.17) is 0 Å². The third-order valence-electron chi connectivity index (χ3n) is 7.57. The Labute approximate surface area is 235 Å². The number of unbranched alkanes of at least 4 members (excludes halogenated alkanes) is 4. The molecule has 0 spiro atoms. The van der Waals surface area contributed by atoms with Gasteiger partial charge in [0.2, 0.25) is 5.91 Å². The van der Waals surface area contributed by atoms with Gasteiger partial charge in [-0.3, -0.25) is 4.79 Å². The summed E-state index contributed by atoms with van der Waals surface area (Å²) < 4.78 is 0. The zero-order chi connectivity index (χ0) is 28.3. The molecule has 0 aromatic carbocycles. The number of thiophene rings is 1. The lowest BCUT2D eigenvalue weighted by molar-refractivity contribution is -0.124. The van der Waals surface area contributed by atoms with Crippen molar-refractivity contribution in [1.29, 1.82) is 0 Å². The van der Waals surface area contributed by atoms with Crippen LogP contribution in [-0.2, 0) is 4.79 Å². The fourth-order valence-corrected chi connectivity index (χ4v) is 6.06. The summed E-state index contributed by atoms with van der Waals surface area (Å²) in [6, 6.07) is 1.72. The minimum atomic E-state index is -1.02. The molecule has 2 N–H and O–H groups in total. The summed E-state index contributed by atoms with van der Waals surface area (Å²) in [7, 11) is 0. The first-order valence-corrected chi connectivity index (χ1v) is 15.7. The van der Waals surface area contributed by atoms with Gasteiger partial charge in [-0.2, -0.15) is 0 Å². The van der Waals surface area contributed by atoms with Gasteiger partial charge >= 0.3 is 5.97 Å². The van der Waals surface area contributed by atoms with Crippen LogP contribution in [0.1, 0.15) is 140 Å². The number of carbonyl (C=O) groups is 2. The van der Waals surface area contributed by atoms with Gasteiger partial charge < -0.3 is 15.1 Å². The van der Waals surface area contributed by atoms with Crippen molar-refractivity contribution in [3.05, 3.63) is 15.8 Å².